The molecule has 3 aromatic carbocycles. The average Bonchev–Trinajstić information content (AvgIpc) is 3.43. The van der Waals surface area contributed by atoms with Crippen LogP contribution >= 0.6 is 0 Å². The summed E-state index contributed by atoms with van der Waals surface area (Å²) in [6.45, 7) is 5.72. The predicted octanol–water partition coefficient (Wildman–Crippen LogP) is 4.97. The number of nitrogens with one attached hydrogen (secondary N) is 1. The molecule has 3 aromatic rings. The first-order valence-electron chi connectivity index (χ1n) is 14.8. The maximum Gasteiger partial charge on any atom is 0.338 e. The van der Waals surface area contributed by atoms with Gasteiger partial charge in [-0.3, -0.25) is 4.79 Å². The van der Waals surface area contributed by atoms with Crippen LogP contribution in [0.15, 0.2) is 60.7 Å². The zero-order valence-corrected chi connectivity index (χ0v) is 25.1. The van der Waals surface area contributed by atoms with Gasteiger partial charge in [-0.25, -0.2) is 13.6 Å². The standard InChI is InChI=1S/C34H41F2N3O4/c1-4-23-7-5-8-24(13-23)19-38-20-32(31(37)16-25-14-28(35)18-29(36)15-25)43-34(41)27-12-22(2)11-26(17-27)33(40)39-10-6-9-30(39)21-42-3/h5,7-8,11-15,17-18,30-32,38H,4,6,9-10,16,19-21,37H2,1-3H3/t30-,31?,32-/m1/s1. The van der Waals surface area contributed by atoms with Gasteiger partial charge in [-0.15, -0.1) is 0 Å². The summed E-state index contributed by atoms with van der Waals surface area (Å²) < 4.78 is 39.0. The number of methoxy groups -OCH3 is 1. The smallest absolute Gasteiger partial charge is 0.338 e. The van der Waals surface area contributed by atoms with E-state index in [0.717, 1.165) is 36.5 Å². The summed E-state index contributed by atoms with van der Waals surface area (Å²) in [6, 6.07) is 15.6. The van der Waals surface area contributed by atoms with Crippen molar-refractivity contribution in [2.24, 2.45) is 5.73 Å². The molecule has 1 aliphatic heterocycles. The Morgan fingerprint density at radius 2 is 1.74 bits per heavy atom. The third-order valence-corrected chi connectivity index (χ3v) is 7.76. The van der Waals surface area contributed by atoms with Crippen molar-refractivity contribution in [1.82, 2.24) is 10.2 Å². The molecule has 4 rings (SSSR count). The van der Waals surface area contributed by atoms with Crippen LogP contribution in [-0.2, 0) is 28.9 Å². The third kappa shape index (κ3) is 8.92. The highest BCUT2D eigenvalue weighted by Crippen LogP contribution is 2.22. The van der Waals surface area contributed by atoms with Crippen LogP contribution in [0.2, 0.25) is 0 Å². The van der Waals surface area contributed by atoms with Gasteiger partial charge in [0.05, 0.1) is 18.2 Å². The van der Waals surface area contributed by atoms with Crippen molar-refractivity contribution in [1.29, 1.82) is 0 Å². The second-order valence-corrected chi connectivity index (χ2v) is 11.2. The molecule has 1 amide bonds. The van der Waals surface area contributed by atoms with Gasteiger partial charge in [0.2, 0.25) is 0 Å². The highest BCUT2D eigenvalue weighted by Gasteiger charge is 2.30. The van der Waals surface area contributed by atoms with Gasteiger partial charge in [-0.1, -0.05) is 31.2 Å². The molecule has 0 radical (unpaired) electrons. The Morgan fingerprint density at radius 1 is 1.02 bits per heavy atom. The summed E-state index contributed by atoms with van der Waals surface area (Å²) in [5.74, 6) is -2.19. The van der Waals surface area contributed by atoms with Crippen molar-refractivity contribution < 1.29 is 27.8 Å². The molecule has 3 atom stereocenters. The lowest BCUT2D eigenvalue weighted by Gasteiger charge is -2.26. The zero-order valence-electron chi connectivity index (χ0n) is 25.1. The number of hydrogen-bond acceptors (Lipinski definition) is 6. The zero-order chi connectivity index (χ0) is 30.9. The van der Waals surface area contributed by atoms with Crippen LogP contribution in [0, 0.1) is 18.6 Å². The summed E-state index contributed by atoms with van der Waals surface area (Å²) in [4.78, 5) is 28.7. The monoisotopic (exact) mass is 593 g/mol. The van der Waals surface area contributed by atoms with Crippen molar-refractivity contribution in [3.05, 3.63) is 106 Å². The number of likely N-dealkylation sites (tertiary alicyclic amines) is 1. The number of nitrogens with zero attached hydrogens (tertiary/aromatic N) is 1. The van der Waals surface area contributed by atoms with Gasteiger partial charge < -0.3 is 25.4 Å². The van der Waals surface area contributed by atoms with E-state index < -0.39 is 29.7 Å². The van der Waals surface area contributed by atoms with Gasteiger partial charge in [-0.2, -0.15) is 0 Å². The van der Waals surface area contributed by atoms with Crippen LogP contribution in [0.5, 0.6) is 0 Å². The number of benzene rings is 3. The normalized spacial score (nSPS) is 16.2. The van der Waals surface area contributed by atoms with Gasteiger partial charge in [-0.05, 0) is 85.2 Å². The van der Waals surface area contributed by atoms with Crippen molar-refractivity contribution in [3.8, 4) is 0 Å². The number of carbonyl (C=O) groups is 2. The van der Waals surface area contributed by atoms with Crippen LogP contribution in [0.3, 0.4) is 0 Å². The average molecular weight is 594 g/mol. The lowest BCUT2D eigenvalue weighted by atomic mass is 10.0. The molecule has 0 bridgehead atoms. The van der Waals surface area contributed by atoms with Crippen LogP contribution in [0.1, 0.15) is 62.7 Å². The summed E-state index contributed by atoms with van der Waals surface area (Å²) >= 11 is 0. The van der Waals surface area contributed by atoms with Gasteiger partial charge in [0, 0.05) is 44.4 Å². The number of nitrogens with two attached hydrogens (primary N) is 1. The Hall–Kier alpha value is -3.66. The van der Waals surface area contributed by atoms with E-state index in [-0.39, 0.29) is 30.5 Å². The molecule has 0 aromatic heterocycles. The Bertz CT molecular complexity index is 1400. The predicted molar refractivity (Wildman–Crippen MR) is 162 cm³/mol. The highest BCUT2D eigenvalue weighted by molar-refractivity contribution is 5.98. The number of esters is 1. The van der Waals surface area contributed by atoms with E-state index in [2.05, 4.69) is 24.4 Å². The van der Waals surface area contributed by atoms with Crippen molar-refractivity contribution in [2.45, 2.75) is 64.3 Å². The molecule has 0 spiro atoms. The van der Waals surface area contributed by atoms with Crippen LogP contribution < -0.4 is 11.1 Å². The van der Waals surface area contributed by atoms with Gasteiger partial charge >= 0.3 is 5.97 Å². The van der Waals surface area contributed by atoms with Crippen molar-refractivity contribution in [3.63, 3.8) is 0 Å². The van der Waals surface area contributed by atoms with E-state index in [0.29, 0.717) is 30.8 Å². The minimum absolute atomic E-state index is 0.00690. The number of hydrogen-bond donors (Lipinski definition) is 2. The molecule has 0 aliphatic carbocycles. The van der Waals surface area contributed by atoms with E-state index in [1.165, 1.54) is 17.7 Å². The topological polar surface area (TPSA) is 93.9 Å². The van der Waals surface area contributed by atoms with Crippen molar-refractivity contribution >= 4 is 11.9 Å². The van der Waals surface area contributed by atoms with E-state index in [9.17, 15) is 18.4 Å². The number of ether oxygens (including phenoxy) is 2. The van der Waals surface area contributed by atoms with Gasteiger partial charge in [0.25, 0.3) is 5.91 Å². The first kappa shape index (κ1) is 32.3. The number of halogens is 2. The second kappa shape index (κ2) is 15.2. The fourth-order valence-corrected chi connectivity index (χ4v) is 5.60. The lowest BCUT2D eigenvalue weighted by Crippen LogP contribution is -2.46. The lowest BCUT2D eigenvalue weighted by molar-refractivity contribution is 0.0238. The Morgan fingerprint density at radius 3 is 2.47 bits per heavy atom. The van der Waals surface area contributed by atoms with E-state index in [4.69, 9.17) is 15.2 Å². The highest BCUT2D eigenvalue weighted by atomic mass is 19.1. The number of amides is 1. The summed E-state index contributed by atoms with van der Waals surface area (Å²) in [7, 11) is 1.62. The minimum atomic E-state index is -0.822. The first-order valence-corrected chi connectivity index (χ1v) is 14.8. The molecule has 1 saturated heterocycles. The maximum atomic E-state index is 13.9. The second-order valence-electron chi connectivity index (χ2n) is 11.2. The molecule has 0 saturated carbocycles. The number of aryl methyl sites for hydroxylation is 2. The Labute approximate surface area is 252 Å². The number of rotatable bonds is 13. The SMILES string of the molecule is CCc1cccc(CNC[C@@H](OC(=O)c2cc(C)cc(C(=O)N3CCC[C@@H]3COC)c2)C(N)Cc2cc(F)cc(F)c2)c1. The molecule has 1 heterocycles. The van der Waals surface area contributed by atoms with Crippen LogP contribution in [0.25, 0.3) is 0 Å². The van der Waals surface area contributed by atoms with E-state index in [1.807, 2.05) is 19.1 Å². The maximum absolute atomic E-state index is 13.9. The van der Waals surface area contributed by atoms with E-state index in [1.54, 1.807) is 30.2 Å². The first-order chi connectivity index (χ1) is 20.7. The van der Waals surface area contributed by atoms with Gasteiger partial charge in [0.1, 0.15) is 17.7 Å². The van der Waals surface area contributed by atoms with Crippen molar-refractivity contribution in [2.75, 3.05) is 26.8 Å². The molecule has 7 nitrogen and oxygen atoms in total. The molecule has 9 heteroatoms. The summed E-state index contributed by atoms with van der Waals surface area (Å²) in [6.07, 6.45) is 1.94. The van der Waals surface area contributed by atoms with Crippen LogP contribution in [-0.4, -0.2) is 61.8 Å². The number of carbonyl (C=O) groups excluding carboxylic acids is 2. The molecule has 230 valence electrons. The molecular weight excluding hydrogens is 552 g/mol. The fourth-order valence-electron chi connectivity index (χ4n) is 5.60. The molecule has 1 aliphatic rings. The summed E-state index contributed by atoms with van der Waals surface area (Å²) in [5.41, 5.74) is 10.5. The molecule has 1 fully saturated rings. The quantitative estimate of drug-likeness (QED) is 0.272. The molecule has 3 N–H and O–H groups in total. The molecule has 1 unspecified atom stereocenters. The van der Waals surface area contributed by atoms with E-state index >= 15 is 0 Å². The molecule has 43 heavy (non-hydrogen) atoms. The van der Waals surface area contributed by atoms with Crippen LogP contribution in [0.4, 0.5) is 8.78 Å². The third-order valence-electron chi connectivity index (χ3n) is 7.76. The Kier molecular flexibility index (Phi) is 11.4. The molecular formula is C34H41F2N3O4. The Balaban J connectivity index is 1.51. The fraction of sp³-hybridized carbons (Fsp3) is 0.412. The minimum Gasteiger partial charge on any atom is -0.456 e. The largest absolute Gasteiger partial charge is 0.456 e. The van der Waals surface area contributed by atoms with Gasteiger partial charge in [0.15, 0.2) is 0 Å². The summed E-state index contributed by atoms with van der Waals surface area (Å²) in [5, 5.41) is 3.32.